The normalized spacial score (nSPS) is 18.0. The van der Waals surface area contributed by atoms with Gasteiger partial charge in [-0.15, -0.1) is 0 Å². The smallest absolute Gasteiger partial charge is 0.418 e. The predicted molar refractivity (Wildman–Crippen MR) is 66.3 cm³/mol. The first-order chi connectivity index (χ1) is 9.42. The van der Waals surface area contributed by atoms with E-state index in [1.807, 2.05) is 0 Å². The van der Waals surface area contributed by atoms with E-state index in [-0.39, 0.29) is 13.1 Å². The highest BCUT2D eigenvalue weighted by molar-refractivity contribution is 7.88. The van der Waals surface area contributed by atoms with E-state index in [1.165, 1.54) is 0 Å². The first kappa shape index (κ1) is 17.6. The van der Waals surface area contributed by atoms with Crippen LogP contribution in [0.3, 0.4) is 0 Å². The lowest BCUT2D eigenvalue weighted by molar-refractivity contribution is 0.0933. The Morgan fingerprint density at radius 1 is 1.38 bits per heavy atom. The Balaban J connectivity index is 2.57. The van der Waals surface area contributed by atoms with Gasteiger partial charge < -0.3 is 4.74 Å². The van der Waals surface area contributed by atoms with E-state index in [4.69, 9.17) is 4.55 Å². The molecule has 1 saturated heterocycles. The van der Waals surface area contributed by atoms with E-state index in [1.54, 1.807) is 0 Å². The summed E-state index contributed by atoms with van der Waals surface area (Å²) in [7, 11) is -8.39. The van der Waals surface area contributed by atoms with Crippen LogP contribution in [0.15, 0.2) is 0 Å². The van der Waals surface area contributed by atoms with Crippen molar-refractivity contribution < 1.29 is 40.1 Å². The van der Waals surface area contributed by atoms with Gasteiger partial charge >= 0.3 is 12.1 Å². The van der Waals surface area contributed by atoms with Gasteiger partial charge in [-0.1, -0.05) is 0 Å². The molecule has 3 amide bonds. The number of rotatable bonds is 5. The van der Waals surface area contributed by atoms with Crippen LogP contribution in [0.25, 0.3) is 0 Å². The van der Waals surface area contributed by atoms with Crippen molar-refractivity contribution in [3.05, 3.63) is 0 Å². The molecule has 1 aliphatic rings. The maximum Gasteiger partial charge on any atom is 0.418 e. The van der Waals surface area contributed by atoms with Gasteiger partial charge in [-0.2, -0.15) is 8.42 Å². The molecule has 10 nitrogen and oxygen atoms in total. The fourth-order valence-corrected chi connectivity index (χ4v) is 2.86. The van der Waals surface area contributed by atoms with Crippen LogP contribution in [0.4, 0.5) is 14.0 Å². The largest absolute Gasteiger partial charge is 0.446 e. The molecule has 0 aliphatic carbocycles. The molecule has 0 spiro atoms. The van der Waals surface area contributed by atoms with Gasteiger partial charge in [0.05, 0.1) is 19.3 Å². The molecule has 1 rings (SSSR count). The Morgan fingerprint density at radius 2 is 1.95 bits per heavy atom. The molecule has 13 heteroatoms. The SMILES string of the molecule is CS(=O)(=O)N1CCN(C(=O)OCC(F)CS(=O)(=O)O)C1=O. The average molecular weight is 348 g/mol. The van der Waals surface area contributed by atoms with Crippen molar-refractivity contribution >= 4 is 32.3 Å². The van der Waals surface area contributed by atoms with E-state index in [0.717, 1.165) is 6.26 Å². The van der Waals surface area contributed by atoms with E-state index in [2.05, 4.69) is 4.74 Å². The number of halogens is 1. The summed E-state index contributed by atoms with van der Waals surface area (Å²) in [4.78, 5) is 23.5. The fourth-order valence-electron chi connectivity index (χ4n) is 1.51. The lowest BCUT2D eigenvalue weighted by Crippen LogP contribution is -2.39. The molecule has 0 aromatic carbocycles. The highest BCUT2D eigenvalue weighted by Gasteiger charge is 2.39. The highest BCUT2D eigenvalue weighted by Crippen LogP contribution is 2.14. The van der Waals surface area contributed by atoms with E-state index >= 15 is 0 Å². The summed E-state index contributed by atoms with van der Waals surface area (Å²) in [6.45, 7) is -1.52. The topological polar surface area (TPSA) is 138 Å². The molecule has 1 aliphatic heterocycles. The number of alkyl halides is 1. The molecular weight excluding hydrogens is 335 g/mol. The number of nitrogens with zero attached hydrogens (tertiary/aromatic N) is 2. The maximum absolute atomic E-state index is 13.1. The number of imide groups is 1. The second-order valence-electron chi connectivity index (χ2n) is 4.19. The van der Waals surface area contributed by atoms with E-state index in [9.17, 15) is 30.8 Å². The van der Waals surface area contributed by atoms with E-state index < -0.39 is 50.8 Å². The van der Waals surface area contributed by atoms with Gasteiger partial charge in [0, 0.05) is 0 Å². The molecule has 1 fully saturated rings. The molecule has 1 N–H and O–H groups in total. The van der Waals surface area contributed by atoms with Crippen molar-refractivity contribution in [2.24, 2.45) is 0 Å². The summed E-state index contributed by atoms with van der Waals surface area (Å²) in [5.41, 5.74) is 0. The van der Waals surface area contributed by atoms with Crippen molar-refractivity contribution in [3.8, 4) is 0 Å². The van der Waals surface area contributed by atoms with Gasteiger partial charge in [0.15, 0.2) is 6.17 Å². The fraction of sp³-hybridized carbons (Fsp3) is 0.750. The van der Waals surface area contributed by atoms with Crippen LogP contribution >= 0.6 is 0 Å². The Bertz CT molecular complexity index is 631. The number of hydrogen-bond donors (Lipinski definition) is 1. The minimum Gasteiger partial charge on any atom is -0.446 e. The maximum atomic E-state index is 13.1. The molecular formula is C8H13FN2O8S2. The zero-order valence-electron chi connectivity index (χ0n) is 10.8. The van der Waals surface area contributed by atoms with Gasteiger partial charge in [-0.25, -0.2) is 31.6 Å². The lowest BCUT2D eigenvalue weighted by Gasteiger charge is -2.16. The minimum absolute atomic E-state index is 0.253. The van der Waals surface area contributed by atoms with Crippen LogP contribution in [-0.2, 0) is 24.9 Å². The molecule has 1 unspecified atom stereocenters. The monoisotopic (exact) mass is 348 g/mol. The second kappa shape index (κ2) is 6.11. The number of urea groups is 1. The van der Waals surface area contributed by atoms with Crippen molar-refractivity contribution in [2.45, 2.75) is 6.17 Å². The van der Waals surface area contributed by atoms with Crippen molar-refractivity contribution in [3.63, 3.8) is 0 Å². The molecule has 1 atom stereocenters. The van der Waals surface area contributed by atoms with Crippen LogP contribution < -0.4 is 0 Å². The third-order valence-corrected chi connectivity index (χ3v) is 4.29. The molecule has 0 aromatic heterocycles. The highest BCUT2D eigenvalue weighted by atomic mass is 32.2. The second-order valence-corrected chi connectivity index (χ2v) is 7.60. The van der Waals surface area contributed by atoms with Gasteiger partial charge in [-0.3, -0.25) is 4.55 Å². The summed E-state index contributed by atoms with van der Waals surface area (Å²) >= 11 is 0. The summed E-state index contributed by atoms with van der Waals surface area (Å²) in [6.07, 6.45) is -2.69. The number of amides is 3. The predicted octanol–water partition coefficient (Wildman–Crippen LogP) is -0.954. The molecule has 21 heavy (non-hydrogen) atoms. The molecule has 1 heterocycles. The number of carbonyl (C=O) groups excluding carboxylic acids is 2. The number of carbonyl (C=O) groups is 2. The van der Waals surface area contributed by atoms with Gasteiger partial charge in [0.25, 0.3) is 10.1 Å². The zero-order chi connectivity index (χ0) is 16.4. The first-order valence-electron chi connectivity index (χ1n) is 5.47. The molecule has 122 valence electrons. The van der Waals surface area contributed by atoms with Crippen LogP contribution in [0.2, 0.25) is 0 Å². The Kier molecular flexibility index (Phi) is 5.11. The van der Waals surface area contributed by atoms with E-state index in [0.29, 0.717) is 9.21 Å². The van der Waals surface area contributed by atoms with Crippen LogP contribution in [0.1, 0.15) is 0 Å². The van der Waals surface area contributed by atoms with Gasteiger partial charge in [0.1, 0.15) is 12.4 Å². The first-order valence-corrected chi connectivity index (χ1v) is 8.93. The summed E-state index contributed by atoms with van der Waals surface area (Å²) in [6, 6.07) is -1.13. The quantitative estimate of drug-likeness (QED) is 0.627. The minimum atomic E-state index is -4.56. The molecule has 0 bridgehead atoms. The van der Waals surface area contributed by atoms with Gasteiger partial charge in [0.2, 0.25) is 10.0 Å². The summed E-state index contributed by atoms with van der Waals surface area (Å²) in [5, 5.41) is 0. The third kappa shape index (κ3) is 5.09. The Morgan fingerprint density at radius 3 is 2.38 bits per heavy atom. The van der Waals surface area contributed by atoms with Crippen LogP contribution in [-0.4, -0.2) is 80.6 Å². The molecule has 0 radical (unpaired) electrons. The number of sulfonamides is 1. The third-order valence-electron chi connectivity index (χ3n) is 2.37. The van der Waals surface area contributed by atoms with Gasteiger partial charge in [-0.05, 0) is 0 Å². The summed E-state index contributed by atoms with van der Waals surface area (Å²) in [5.74, 6) is -1.26. The van der Waals surface area contributed by atoms with Crippen molar-refractivity contribution in [2.75, 3.05) is 31.7 Å². The van der Waals surface area contributed by atoms with Crippen LogP contribution in [0.5, 0.6) is 0 Å². The molecule has 0 aromatic rings. The van der Waals surface area contributed by atoms with Crippen molar-refractivity contribution in [1.82, 2.24) is 9.21 Å². The standard InChI is InChI=1S/C8H13FN2O8S2/c1-20(14,15)11-3-2-10(7(11)12)8(13)19-4-6(9)5-21(16,17)18/h6H,2-5H2,1H3,(H,16,17,18). The zero-order valence-corrected chi connectivity index (χ0v) is 12.4. The number of hydrogen-bond acceptors (Lipinski definition) is 7. The lowest BCUT2D eigenvalue weighted by atomic mass is 10.5. The van der Waals surface area contributed by atoms with Crippen LogP contribution in [0, 0.1) is 0 Å². The Labute approximate surface area is 120 Å². The average Bonchev–Trinajstić information content (AvgIpc) is 2.65. The summed E-state index contributed by atoms with van der Waals surface area (Å²) < 4.78 is 69.5. The Hall–Kier alpha value is -1.47. The number of ether oxygens (including phenoxy) is 1. The van der Waals surface area contributed by atoms with Crippen molar-refractivity contribution in [1.29, 1.82) is 0 Å². The molecule has 0 saturated carbocycles.